The van der Waals surface area contributed by atoms with Gasteiger partial charge in [-0.15, -0.1) is 0 Å². The predicted molar refractivity (Wildman–Crippen MR) is 102 cm³/mol. The topological polar surface area (TPSA) is 32.3 Å². The molecule has 3 unspecified atom stereocenters. The van der Waals surface area contributed by atoms with Gasteiger partial charge in [-0.1, -0.05) is 52.2 Å². The predicted octanol–water partition coefficient (Wildman–Crippen LogP) is 4.38. The Morgan fingerprint density at radius 2 is 1.67 bits per heavy atom. The van der Waals surface area contributed by atoms with Crippen LogP contribution in [-0.2, 0) is 4.79 Å². The van der Waals surface area contributed by atoms with E-state index in [1.807, 2.05) is 0 Å². The number of nitrogens with zero attached hydrogens (tertiary/aromatic N) is 1. The zero-order valence-electron chi connectivity index (χ0n) is 16.7. The van der Waals surface area contributed by atoms with Gasteiger partial charge in [-0.3, -0.25) is 9.69 Å². The number of amides is 1. The van der Waals surface area contributed by atoms with Crippen LogP contribution in [-0.4, -0.2) is 35.5 Å². The molecule has 3 nitrogen and oxygen atoms in total. The normalized spacial score (nSPS) is 29.0. The van der Waals surface area contributed by atoms with Crippen molar-refractivity contribution in [1.29, 1.82) is 0 Å². The van der Waals surface area contributed by atoms with Gasteiger partial charge in [0, 0.05) is 18.6 Å². The van der Waals surface area contributed by atoms with E-state index in [0.29, 0.717) is 0 Å². The molecule has 1 amide bonds. The minimum atomic E-state index is -0.173. The lowest BCUT2D eigenvalue weighted by atomic mass is 9.72. The van der Waals surface area contributed by atoms with Gasteiger partial charge in [0.25, 0.3) is 0 Å². The monoisotopic (exact) mass is 334 g/mol. The van der Waals surface area contributed by atoms with Crippen LogP contribution in [0.2, 0.25) is 0 Å². The molecule has 1 N–H and O–H groups in total. The summed E-state index contributed by atoms with van der Waals surface area (Å²) in [6, 6.07) is 0.00248. The van der Waals surface area contributed by atoms with Crippen LogP contribution in [0.25, 0.3) is 0 Å². The quantitative estimate of drug-likeness (QED) is 0.777. The highest BCUT2D eigenvalue weighted by atomic mass is 16.2. The summed E-state index contributed by atoms with van der Waals surface area (Å²) in [5.41, 5.74) is 1.15. The molecule has 138 valence electrons. The lowest BCUT2D eigenvalue weighted by molar-refractivity contribution is -0.131. The van der Waals surface area contributed by atoms with Crippen molar-refractivity contribution < 1.29 is 4.79 Å². The largest absolute Gasteiger partial charge is 0.350 e. The molecule has 0 bridgehead atoms. The Morgan fingerprint density at radius 1 is 1.08 bits per heavy atom. The number of piperidine rings is 1. The Hall–Kier alpha value is -0.830. The molecule has 0 aromatic rings. The molecule has 2 aliphatic rings. The summed E-state index contributed by atoms with van der Waals surface area (Å²) in [7, 11) is 0. The fraction of sp³-hybridized carbons (Fsp3) is 0.857. The highest BCUT2D eigenvalue weighted by molar-refractivity contribution is 5.82. The van der Waals surface area contributed by atoms with Gasteiger partial charge in [-0.2, -0.15) is 0 Å². The summed E-state index contributed by atoms with van der Waals surface area (Å²) < 4.78 is 0. The maximum absolute atomic E-state index is 12.9. The molecule has 24 heavy (non-hydrogen) atoms. The number of rotatable bonds is 3. The summed E-state index contributed by atoms with van der Waals surface area (Å²) >= 11 is 0. The van der Waals surface area contributed by atoms with Gasteiger partial charge in [0.15, 0.2) is 0 Å². The molecule has 0 aromatic carbocycles. The number of hydrogen-bond donors (Lipinski definition) is 1. The van der Waals surface area contributed by atoms with Gasteiger partial charge in [0.2, 0.25) is 5.91 Å². The van der Waals surface area contributed by atoms with E-state index in [9.17, 15) is 4.79 Å². The highest BCUT2D eigenvalue weighted by Gasteiger charge is 2.40. The van der Waals surface area contributed by atoms with Crippen molar-refractivity contribution in [2.45, 2.75) is 85.2 Å². The average Bonchev–Trinajstić information content (AvgIpc) is 2.43. The van der Waals surface area contributed by atoms with Crippen molar-refractivity contribution in [2.75, 3.05) is 13.1 Å². The third-order valence-corrected chi connectivity index (χ3v) is 5.76. The van der Waals surface area contributed by atoms with Gasteiger partial charge in [0.1, 0.15) is 0 Å². The van der Waals surface area contributed by atoms with E-state index < -0.39 is 0 Å². The molecule has 0 aromatic heterocycles. The first-order valence-corrected chi connectivity index (χ1v) is 9.72. The summed E-state index contributed by atoms with van der Waals surface area (Å²) in [6.07, 6.45) is 6.34. The Balaban J connectivity index is 2.15. The third kappa shape index (κ3) is 5.08. The number of fused-ring (bicyclic) bond motifs is 1. The Morgan fingerprint density at radius 3 is 2.21 bits per heavy atom. The first-order valence-electron chi connectivity index (χ1n) is 9.72. The van der Waals surface area contributed by atoms with E-state index in [-0.39, 0.29) is 22.9 Å². The average molecular weight is 335 g/mol. The van der Waals surface area contributed by atoms with Gasteiger partial charge in [-0.25, -0.2) is 0 Å². The maximum Gasteiger partial charge on any atom is 0.237 e. The second kappa shape index (κ2) is 7.19. The minimum absolute atomic E-state index is 0.00248. The van der Waals surface area contributed by atoms with E-state index in [1.54, 1.807) is 0 Å². The van der Waals surface area contributed by atoms with Crippen LogP contribution in [0.3, 0.4) is 0 Å². The number of nitrogens with one attached hydrogen (secondary N) is 1. The first kappa shape index (κ1) is 19.5. The van der Waals surface area contributed by atoms with E-state index in [0.717, 1.165) is 31.3 Å². The number of carbonyl (C=O) groups is 1. The maximum atomic E-state index is 12.9. The van der Waals surface area contributed by atoms with E-state index in [1.165, 1.54) is 31.3 Å². The Kier molecular flexibility index (Phi) is 5.84. The number of hydrogen-bond acceptors (Lipinski definition) is 2. The second-order valence-corrected chi connectivity index (χ2v) is 10.1. The van der Waals surface area contributed by atoms with Crippen molar-refractivity contribution in [1.82, 2.24) is 10.2 Å². The van der Waals surface area contributed by atoms with Gasteiger partial charge in [0.05, 0.1) is 6.04 Å². The zero-order chi connectivity index (χ0) is 18.1. The summed E-state index contributed by atoms with van der Waals surface area (Å²) in [6.45, 7) is 19.1. The first-order chi connectivity index (χ1) is 11.0. The molecule has 2 fully saturated rings. The summed E-state index contributed by atoms with van der Waals surface area (Å²) in [5.74, 6) is 1.70. The molecule has 1 saturated heterocycles. The molecule has 3 heteroatoms. The molecule has 1 aliphatic carbocycles. The van der Waals surface area contributed by atoms with Crippen LogP contribution < -0.4 is 5.32 Å². The molecule has 3 atom stereocenters. The summed E-state index contributed by atoms with van der Waals surface area (Å²) in [5, 5.41) is 3.22. The smallest absolute Gasteiger partial charge is 0.237 e. The van der Waals surface area contributed by atoms with Crippen molar-refractivity contribution >= 4 is 5.91 Å². The minimum Gasteiger partial charge on any atom is -0.350 e. The standard InChI is InChI=1S/C21H38N2O/c1-15(20(2,3)4)13-23-14-17-11-9-8-10-16(17)12-18(23)19(24)22-21(5,6)7/h16-18H,1,8-14H2,2-7H3,(H,22,24). The van der Waals surface area contributed by atoms with Crippen molar-refractivity contribution in [3.8, 4) is 0 Å². The fourth-order valence-electron chi connectivity index (χ4n) is 4.08. The third-order valence-electron chi connectivity index (χ3n) is 5.76. The number of carbonyl (C=O) groups excluding carboxylic acids is 1. The van der Waals surface area contributed by atoms with Gasteiger partial charge in [-0.05, 0) is 50.9 Å². The highest BCUT2D eigenvalue weighted by Crippen LogP contribution is 2.39. The molecular formula is C21H38N2O. The SMILES string of the molecule is C=C(CN1CC2CCCCC2CC1C(=O)NC(C)(C)C)C(C)(C)C. The molecule has 0 spiro atoms. The summed E-state index contributed by atoms with van der Waals surface area (Å²) in [4.78, 5) is 15.4. The van der Waals surface area contributed by atoms with Gasteiger partial charge >= 0.3 is 0 Å². The lowest BCUT2D eigenvalue weighted by Gasteiger charge is -2.47. The molecular weight excluding hydrogens is 296 g/mol. The second-order valence-electron chi connectivity index (χ2n) is 10.1. The van der Waals surface area contributed by atoms with E-state index in [2.05, 4.69) is 58.3 Å². The van der Waals surface area contributed by atoms with Crippen LogP contribution in [0.15, 0.2) is 12.2 Å². The van der Waals surface area contributed by atoms with Crippen molar-refractivity contribution in [2.24, 2.45) is 17.3 Å². The molecule has 1 saturated carbocycles. The Labute approximate surface area is 149 Å². The Bertz CT molecular complexity index is 469. The van der Waals surface area contributed by atoms with Crippen LogP contribution in [0.5, 0.6) is 0 Å². The van der Waals surface area contributed by atoms with Crippen LogP contribution in [0, 0.1) is 17.3 Å². The zero-order valence-corrected chi connectivity index (χ0v) is 16.7. The fourth-order valence-corrected chi connectivity index (χ4v) is 4.08. The van der Waals surface area contributed by atoms with E-state index in [4.69, 9.17) is 0 Å². The van der Waals surface area contributed by atoms with Crippen LogP contribution >= 0.6 is 0 Å². The van der Waals surface area contributed by atoms with Crippen molar-refractivity contribution in [3.63, 3.8) is 0 Å². The molecule has 2 rings (SSSR count). The number of likely N-dealkylation sites (tertiary alicyclic amines) is 1. The van der Waals surface area contributed by atoms with Crippen molar-refractivity contribution in [3.05, 3.63) is 12.2 Å². The lowest BCUT2D eigenvalue weighted by Crippen LogP contribution is -2.58. The van der Waals surface area contributed by atoms with Gasteiger partial charge < -0.3 is 5.32 Å². The van der Waals surface area contributed by atoms with Crippen LogP contribution in [0.4, 0.5) is 0 Å². The van der Waals surface area contributed by atoms with E-state index >= 15 is 0 Å². The van der Waals surface area contributed by atoms with Crippen LogP contribution in [0.1, 0.15) is 73.6 Å². The molecule has 1 aliphatic heterocycles. The molecule has 0 radical (unpaired) electrons. The molecule has 1 heterocycles.